The van der Waals surface area contributed by atoms with Gasteiger partial charge in [-0.1, -0.05) is 6.07 Å². The zero-order valence-corrected chi connectivity index (χ0v) is 11.8. The predicted octanol–water partition coefficient (Wildman–Crippen LogP) is 2.89. The van der Waals surface area contributed by atoms with Crippen LogP contribution >= 0.6 is 0 Å². The number of anilines is 1. The van der Waals surface area contributed by atoms with E-state index in [1.807, 2.05) is 44.2 Å². The highest BCUT2D eigenvalue weighted by Gasteiger charge is 2.13. The molecule has 2 heterocycles. The van der Waals surface area contributed by atoms with Crippen molar-refractivity contribution in [3.63, 3.8) is 0 Å². The summed E-state index contributed by atoms with van der Waals surface area (Å²) in [5.74, 6) is -0.235. The summed E-state index contributed by atoms with van der Waals surface area (Å²) in [5, 5.41) is 3.84. The summed E-state index contributed by atoms with van der Waals surface area (Å²) in [6, 6.07) is 9.42. The fourth-order valence-electron chi connectivity index (χ4n) is 2.11. The van der Waals surface area contributed by atoms with Crippen molar-refractivity contribution >= 4 is 22.5 Å². The van der Waals surface area contributed by atoms with Gasteiger partial charge in [-0.15, -0.1) is 0 Å². The molecule has 0 radical (unpaired) electrons. The van der Waals surface area contributed by atoms with Crippen molar-refractivity contribution in [2.45, 2.75) is 13.8 Å². The van der Waals surface area contributed by atoms with Crippen LogP contribution in [0.5, 0.6) is 0 Å². The number of carbonyl (C=O) groups excluding carboxylic acids is 1. The number of pyridine rings is 1. The van der Waals surface area contributed by atoms with E-state index in [1.165, 1.54) is 6.33 Å². The Labute approximate surface area is 122 Å². The van der Waals surface area contributed by atoms with Gasteiger partial charge < -0.3 is 5.32 Å². The van der Waals surface area contributed by atoms with Crippen LogP contribution in [-0.4, -0.2) is 20.9 Å². The van der Waals surface area contributed by atoms with Gasteiger partial charge >= 0.3 is 0 Å². The van der Waals surface area contributed by atoms with Crippen LogP contribution in [0.4, 0.5) is 5.69 Å². The number of fused-ring (bicyclic) bond motifs is 1. The second-order valence-electron chi connectivity index (χ2n) is 4.80. The van der Waals surface area contributed by atoms with Crippen LogP contribution in [0.1, 0.15) is 21.7 Å². The summed E-state index contributed by atoms with van der Waals surface area (Å²) >= 11 is 0. The summed E-state index contributed by atoms with van der Waals surface area (Å²) in [4.78, 5) is 24.7. The van der Waals surface area contributed by atoms with E-state index < -0.39 is 0 Å². The SMILES string of the molecule is Cc1ncnc(C(=O)Nc2ccc3ncccc3c2)c1C. The zero-order chi connectivity index (χ0) is 14.8. The van der Waals surface area contributed by atoms with Gasteiger partial charge in [0.05, 0.1) is 5.52 Å². The summed E-state index contributed by atoms with van der Waals surface area (Å²) in [7, 11) is 0. The summed E-state index contributed by atoms with van der Waals surface area (Å²) in [5.41, 5.74) is 3.60. The highest BCUT2D eigenvalue weighted by molar-refractivity contribution is 6.04. The van der Waals surface area contributed by atoms with E-state index in [4.69, 9.17) is 0 Å². The van der Waals surface area contributed by atoms with Crippen LogP contribution in [0.15, 0.2) is 42.9 Å². The number of hydrogen-bond donors (Lipinski definition) is 1. The molecular formula is C16H14N4O. The lowest BCUT2D eigenvalue weighted by atomic mass is 10.1. The van der Waals surface area contributed by atoms with Crippen LogP contribution in [0.3, 0.4) is 0 Å². The largest absolute Gasteiger partial charge is 0.321 e. The minimum atomic E-state index is -0.235. The summed E-state index contributed by atoms with van der Waals surface area (Å²) in [6.07, 6.45) is 3.15. The van der Waals surface area contributed by atoms with E-state index in [0.29, 0.717) is 5.69 Å². The molecule has 0 saturated carbocycles. The lowest BCUT2D eigenvalue weighted by molar-refractivity contribution is 0.102. The van der Waals surface area contributed by atoms with Crippen molar-refractivity contribution in [1.29, 1.82) is 0 Å². The van der Waals surface area contributed by atoms with Crippen molar-refractivity contribution < 1.29 is 4.79 Å². The Bertz CT molecular complexity index is 829. The van der Waals surface area contributed by atoms with E-state index in [2.05, 4.69) is 20.3 Å². The number of aryl methyl sites for hydroxylation is 1. The number of aromatic nitrogens is 3. The van der Waals surface area contributed by atoms with E-state index in [0.717, 1.165) is 27.8 Å². The minimum absolute atomic E-state index is 0.235. The third-order valence-electron chi connectivity index (χ3n) is 3.41. The Morgan fingerprint density at radius 2 is 1.95 bits per heavy atom. The first-order valence-corrected chi connectivity index (χ1v) is 6.59. The average molecular weight is 278 g/mol. The third-order valence-corrected chi connectivity index (χ3v) is 3.41. The summed E-state index contributed by atoms with van der Waals surface area (Å²) in [6.45, 7) is 3.70. The molecule has 0 aliphatic rings. The van der Waals surface area contributed by atoms with Crippen LogP contribution in [0, 0.1) is 13.8 Å². The quantitative estimate of drug-likeness (QED) is 0.782. The molecule has 0 atom stereocenters. The third kappa shape index (κ3) is 2.58. The van der Waals surface area contributed by atoms with Crippen molar-refractivity contribution in [3.05, 3.63) is 59.8 Å². The maximum absolute atomic E-state index is 12.3. The van der Waals surface area contributed by atoms with Gasteiger partial charge in [0.25, 0.3) is 5.91 Å². The minimum Gasteiger partial charge on any atom is -0.321 e. The molecule has 1 aromatic carbocycles. The monoisotopic (exact) mass is 278 g/mol. The normalized spacial score (nSPS) is 10.6. The topological polar surface area (TPSA) is 67.8 Å². The molecule has 1 N–H and O–H groups in total. The Balaban J connectivity index is 1.91. The number of benzene rings is 1. The van der Waals surface area contributed by atoms with Crippen LogP contribution in [0.25, 0.3) is 10.9 Å². The molecule has 0 aliphatic carbocycles. The first kappa shape index (κ1) is 13.2. The Morgan fingerprint density at radius 3 is 2.81 bits per heavy atom. The van der Waals surface area contributed by atoms with Crippen molar-refractivity contribution in [1.82, 2.24) is 15.0 Å². The molecule has 3 rings (SSSR count). The highest BCUT2D eigenvalue weighted by Crippen LogP contribution is 2.18. The number of amides is 1. The van der Waals surface area contributed by atoms with Gasteiger partial charge in [-0.3, -0.25) is 9.78 Å². The number of hydrogen-bond acceptors (Lipinski definition) is 4. The molecule has 0 unspecified atom stereocenters. The Hall–Kier alpha value is -2.82. The molecule has 0 fully saturated rings. The average Bonchev–Trinajstić information content (AvgIpc) is 2.50. The first-order chi connectivity index (χ1) is 10.1. The van der Waals surface area contributed by atoms with Crippen molar-refractivity contribution in [2.75, 3.05) is 5.32 Å². The number of nitrogens with zero attached hydrogens (tertiary/aromatic N) is 3. The smallest absolute Gasteiger partial charge is 0.274 e. The van der Waals surface area contributed by atoms with Crippen LogP contribution in [0.2, 0.25) is 0 Å². The van der Waals surface area contributed by atoms with Crippen molar-refractivity contribution in [2.24, 2.45) is 0 Å². The van der Waals surface area contributed by atoms with Gasteiger partial charge in [0.1, 0.15) is 12.0 Å². The molecule has 1 amide bonds. The first-order valence-electron chi connectivity index (χ1n) is 6.59. The number of rotatable bonds is 2. The van der Waals surface area contributed by atoms with Gasteiger partial charge in [-0.2, -0.15) is 0 Å². The highest BCUT2D eigenvalue weighted by atomic mass is 16.1. The second-order valence-corrected chi connectivity index (χ2v) is 4.80. The lowest BCUT2D eigenvalue weighted by Gasteiger charge is -2.08. The summed E-state index contributed by atoms with van der Waals surface area (Å²) < 4.78 is 0. The standard InChI is InChI=1S/C16H14N4O/c1-10-11(2)18-9-19-15(10)16(21)20-13-5-6-14-12(8-13)4-3-7-17-14/h3-9H,1-2H3,(H,20,21). The van der Waals surface area contributed by atoms with E-state index in [1.54, 1.807) is 6.20 Å². The molecule has 5 heteroatoms. The molecule has 3 aromatic rings. The fraction of sp³-hybridized carbons (Fsp3) is 0.125. The van der Waals surface area contributed by atoms with E-state index in [9.17, 15) is 4.79 Å². The molecule has 5 nitrogen and oxygen atoms in total. The van der Waals surface area contributed by atoms with Gasteiger partial charge in [0.15, 0.2) is 0 Å². The predicted molar refractivity (Wildman–Crippen MR) is 81.2 cm³/mol. The molecular weight excluding hydrogens is 264 g/mol. The molecule has 2 aromatic heterocycles. The Morgan fingerprint density at radius 1 is 1.10 bits per heavy atom. The van der Waals surface area contributed by atoms with Gasteiger partial charge in [0, 0.05) is 28.5 Å². The van der Waals surface area contributed by atoms with E-state index in [-0.39, 0.29) is 5.91 Å². The van der Waals surface area contributed by atoms with Crippen molar-refractivity contribution in [3.8, 4) is 0 Å². The number of carbonyl (C=O) groups is 1. The lowest BCUT2D eigenvalue weighted by Crippen LogP contribution is -2.16. The van der Waals surface area contributed by atoms with E-state index >= 15 is 0 Å². The van der Waals surface area contributed by atoms with Gasteiger partial charge in [-0.05, 0) is 38.1 Å². The number of nitrogens with one attached hydrogen (secondary N) is 1. The molecule has 0 bridgehead atoms. The molecule has 104 valence electrons. The molecule has 21 heavy (non-hydrogen) atoms. The maximum atomic E-state index is 12.3. The molecule has 0 saturated heterocycles. The fourth-order valence-corrected chi connectivity index (χ4v) is 2.11. The molecule has 0 aliphatic heterocycles. The second kappa shape index (κ2) is 5.28. The van der Waals surface area contributed by atoms with Crippen LogP contribution < -0.4 is 5.32 Å². The van der Waals surface area contributed by atoms with Gasteiger partial charge in [-0.25, -0.2) is 9.97 Å². The zero-order valence-electron chi connectivity index (χ0n) is 11.8. The molecule has 0 spiro atoms. The maximum Gasteiger partial charge on any atom is 0.274 e. The van der Waals surface area contributed by atoms with Crippen LogP contribution in [-0.2, 0) is 0 Å². The Kier molecular flexibility index (Phi) is 3.31. The van der Waals surface area contributed by atoms with Gasteiger partial charge in [0.2, 0.25) is 0 Å².